The number of benzene rings is 3. The van der Waals surface area contributed by atoms with Gasteiger partial charge in [-0.3, -0.25) is 0 Å². The highest BCUT2D eigenvalue weighted by Crippen LogP contribution is 2.34. The average Bonchev–Trinajstić information content (AvgIpc) is 3.17. The molecule has 5 rings (SSSR count). The third-order valence-electron chi connectivity index (χ3n) is 5.24. The molecule has 0 atom stereocenters. The Labute approximate surface area is 177 Å². The number of fused-ring (bicyclic) bond motifs is 3. The van der Waals surface area contributed by atoms with Crippen molar-refractivity contribution in [2.75, 3.05) is 0 Å². The van der Waals surface area contributed by atoms with Crippen LogP contribution in [0.4, 0.5) is 0 Å². The van der Waals surface area contributed by atoms with Gasteiger partial charge >= 0.3 is 0 Å². The molecule has 0 fully saturated rings. The summed E-state index contributed by atoms with van der Waals surface area (Å²) >= 11 is 0. The van der Waals surface area contributed by atoms with Crippen LogP contribution in [0.2, 0.25) is 0 Å². The normalized spacial score (nSPS) is 10.5. The molecule has 0 aliphatic rings. The number of hydrogen-bond donors (Lipinski definition) is 0. The van der Waals surface area contributed by atoms with Gasteiger partial charge in [-0.15, -0.1) is 0 Å². The summed E-state index contributed by atoms with van der Waals surface area (Å²) in [6.07, 6.45) is 3.15. The molecule has 142 valence electrons. The summed E-state index contributed by atoms with van der Waals surface area (Å²) in [6.45, 7) is 0. The van der Waals surface area contributed by atoms with E-state index in [1.54, 1.807) is 24.5 Å². The lowest BCUT2D eigenvalue weighted by atomic mass is 10.0. The SMILES string of the molecule is N#Cc1ccc2c(c1)c1ccccc1n2-c1ccc(-c2cnc(C#N)nc2)cc1C#N. The van der Waals surface area contributed by atoms with E-state index in [4.69, 9.17) is 5.26 Å². The van der Waals surface area contributed by atoms with E-state index in [-0.39, 0.29) is 5.82 Å². The predicted molar refractivity (Wildman–Crippen MR) is 116 cm³/mol. The Morgan fingerprint density at radius 2 is 1.45 bits per heavy atom. The van der Waals surface area contributed by atoms with E-state index in [1.165, 1.54) is 0 Å². The zero-order valence-electron chi connectivity index (χ0n) is 16.1. The molecule has 5 aromatic rings. The van der Waals surface area contributed by atoms with E-state index in [2.05, 4.69) is 22.1 Å². The lowest BCUT2D eigenvalue weighted by Crippen LogP contribution is -1.98. The van der Waals surface area contributed by atoms with Crippen LogP contribution in [0, 0.1) is 34.0 Å². The minimum atomic E-state index is 0.0999. The van der Waals surface area contributed by atoms with E-state index < -0.39 is 0 Å². The highest BCUT2D eigenvalue weighted by molar-refractivity contribution is 6.09. The molecule has 6 nitrogen and oxygen atoms in total. The largest absolute Gasteiger partial charge is 0.308 e. The number of aromatic nitrogens is 3. The fourth-order valence-corrected chi connectivity index (χ4v) is 3.84. The highest BCUT2D eigenvalue weighted by Gasteiger charge is 2.16. The van der Waals surface area contributed by atoms with Crippen LogP contribution < -0.4 is 0 Å². The van der Waals surface area contributed by atoms with Gasteiger partial charge in [-0.2, -0.15) is 15.8 Å². The highest BCUT2D eigenvalue weighted by atomic mass is 15.0. The summed E-state index contributed by atoms with van der Waals surface area (Å²) in [7, 11) is 0. The van der Waals surface area contributed by atoms with Gasteiger partial charge in [0.05, 0.1) is 33.9 Å². The summed E-state index contributed by atoms with van der Waals surface area (Å²) in [5, 5.41) is 30.1. The summed E-state index contributed by atoms with van der Waals surface area (Å²) in [5.74, 6) is 0.0999. The van der Waals surface area contributed by atoms with Crippen molar-refractivity contribution in [1.82, 2.24) is 14.5 Å². The topological polar surface area (TPSA) is 102 Å². The zero-order valence-corrected chi connectivity index (χ0v) is 16.1. The molecule has 6 heteroatoms. The van der Waals surface area contributed by atoms with Crippen molar-refractivity contribution in [3.63, 3.8) is 0 Å². The Morgan fingerprint density at radius 1 is 0.677 bits per heavy atom. The number of para-hydroxylation sites is 1. The minimum absolute atomic E-state index is 0.0999. The molecule has 0 aliphatic heterocycles. The second kappa shape index (κ2) is 7.12. The smallest absolute Gasteiger partial charge is 0.232 e. The molecule has 0 saturated carbocycles. The van der Waals surface area contributed by atoms with E-state index in [0.717, 1.165) is 38.6 Å². The molecule has 2 aromatic heterocycles. The van der Waals surface area contributed by atoms with Crippen LogP contribution in [0.1, 0.15) is 17.0 Å². The van der Waals surface area contributed by atoms with Crippen molar-refractivity contribution in [3.05, 3.63) is 90.0 Å². The molecule has 0 radical (unpaired) electrons. The fourth-order valence-electron chi connectivity index (χ4n) is 3.84. The van der Waals surface area contributed by atoms with Gasteiger partial charge in [0.15, 0.2) is 0 Å². The number of hydrogen-bond acceptors (Lipinski definition) is 5. The Hall–Kier alpha value is -4.99. The van der Waals surface area contributed by atoms with Crippen molar-refractivity contribution in [3.8, 4) is 35.0 Å². The molecular formula is C25H12N6. The lowest BCUT2D eigenvalue weighted by Gasteiger charge is -2.11. The maximum absolute atomic E-state index is 9.92. The second-order valence-electron chi connectivity index (χ2n) is 6.95. The Bertz CT molecular complexity index is 1610. The standard InChI is InChI=1S/C25H12N6/c26-11-16-5-7-24-21(9-16)20-3-1-2-4-23(20)31(24)22-8-6-17(10-18(22)12-27)19-14-29-25(13-28)30-15-19/h1-10,14-15H. The van der Waals surface area contributed by atoms with Gasteiger partial charge in [-0.05, 0) is 42.0 Å². The quantitative estimate of drug-likeness (QED) is 0.424. The first-order valence-electron chi connectivity index (χ1n) is 9.44. The summed E-state index contributed by atoms with van der Waals surface area (Å²) in [6, 6.07) is 25.5. The minimum Gasteiger partial charge on any atom is -0.308 e. The van der Waals surface area contributed by atoms with Gasteiger partial charge in [-0.25, -0.2) is 9.97 Å². The lowest BCUT2D eigenvalue weighted by molar-refractivity contribution is 1.11. The van der Waals surface area contributed by atoms with Gasteiger partial charge in [0.1, 0.15) is 12.1 Å². The van der Waals surface area contributed by atoms with Crippen LogP contribution in [0.25, 0.3) is 38.6 Å². The molecular weight excluding hydrogens is 384 g/mol. The van der Waals surface area contributed by atoms with E-state index in [9.17, 15) is 10.5 Å². The fraction of sp³-hybridized carbons (Fsp3) is 0. The first kappa shape index (κ1) is 18.1. The van der Waals surface area contributed by atoms with Crippen molar-refractivity contribution in [2.24, 2.45) is 0 Å². The van der Waals surface area contributed by atoms with Crippen molar-refractivity contribution in [2.45, 2.75) is 0 Å². The molecule has 0 unspecified atom stereocenters. The maximum Gasteiger partial charge on any atom is 0.232 e. The summed E-state index contributed by atoms with van der Waals surface area (Å²) < 4.78 is 2.05. The molecule has 0 N–H and O–H groups in total. The number of rotatable bonds is 2. The summed E-state index contributed by atoms with van der Waals surface area (Å²) in [5.41, 5.74) is 5.22. The molecule has 3 aromatic carbocycles. The van der Waals surface area contributed by atoms with E-state index in [0.29, 0.717) is 11.1 Å². The Kier molecular flexibility index (Phi) is 4.15. The molecule has 0 bridgehead atoms. The molecule has 0 saturated heterocycles. The Morgan fingerprint density at radius 3 is 2.19 bits per heavy atom. The number of nitrogens with zero attached hydrogens (tertiary/aromatic N) is 6. The first-order valence-corrected chi connectivity index (χ1v) is 9.44. The third kappa shape index (κ3) is 2.86. The molecule has 0 spiro atoms. The predicted octanol–water partition coefficient (Wildman–Crippen LogP) is 4.86. The van der Waals surface area contributed by atoms with Gasteiger partial charge in [0.2, 0.25) is 5.82 Å². The Balaban J connectivity index is 1.76. The van der Waals surface area contributed by atoms with Crippen LogP contribution in [-0.2, 0) is 0 Å². The molecule has 2 heterocycles. The van der Waals surface area contributed by atoms with Crippen LogP contribution in [0.3, 0.4) is 0 Å². The first-order chi connectivity index (χ1) is 15.2. The summed E-state index contributed by atoms with van der Waals surface area (Å²) in [4.78, 5) is 8.03. The van der Waals surface area contributed by atoms with Crippen molar-refractivity contribution < 1.29 is 0 Å². The van der Waals surface area contributed by atoms with Crippen LogP contribution in [0.15, 0.2) is 73.1 Å². The third-order valence-corrected chi connectivity index (χ3v) is 5.24. The number of nitriles is 3. The van der Waals surface area contributed by atoms with Crippen LogP contribution in [0.5, 0.6) is 0 Å². The monoisotopic (exact) mass is 396 g/mol. The van der Waals surface area contributed by atoms with Gasteiger partial charge in [-0.1, -0.05) is 24.3 Å². The molecule has 31 heavy (non-hydrogen) atoms. The maximum atomic E-state index is 9.92. The van der Waals surface area contributed by atoms with Gasteiger partial charge in [0.25, 0.3) is 0 Å². The van der Waals surface area contributed by atoms with E-state index in [1.807, 2.05) is 59.2 Å². The second-order valence-corrected chi connectivity index (χ2v) is 6.95. The zero-order chi connectivity index (χ0) is 21.4. The van der Waals surface area contributed by atoms with Gasteiger partial charge < -0.3 is 4.57 Å². The van der Waals surface area contributed by atoms with Crippen molar-refractivity contribution in [1.29, 1.82) is 15.8 Å². The van der Waals surface area contributed by atoms with E-state index >= 15 is 0 Å². The van der Waals surface area contributed by atoms with Crippen molar-refractivity contribution >= 4 is 21.8 Å². The van der Waals surface area contributed by atoms with Gasteiger partial charge in [0, 0.05) is 28.7 Å². The molecule has 0 amide bonds. The average molecular weight is 396 g/mol. The van der Waals surface area contributed by atoms with Crippen LogP contribution in [-0.4, -0.2) is 14.5 Å². The molecule has 0 aliphatic carbocycles. The van der Waals surface area contributed by atoms with Crippen LogP contribution >= 0.6 is 0 Å².